The molecule has 7 heteroatoms. The molecule has 0 aromatic heterocycles. The number of urea groups is 1. The molecule has 1 aromatic rings. The van der Waals surface area contributed by atoms with Gasteiger partial charge < -0.3 is 15.4 Å². The highest BCUT2D eigenvalue weighted by molar-refractivity contribution is 5.95. The van der Waals surface area contributed by atoms with Gasteiger partial charge in [0.15, 0.2) is 0 Å². The van der Waals surface area contributed by atoms with Crippen LogP contribution < -0.4 is 10.6 Å². The lowest BCUT2D eigenvalue weighted by Gasteiger charge is -2.35. The summed E-state index contributed by atoms with van der Waals surface area (Å²) >= 11 is 0. The van der Waals surface area contributed by atoms with Gasteiger partial charge >= 0.3 is 12.0 Å². The second kappa shape index (κ2) is 12.3. The molecule has 0 saturated heterocycles. The van der Waals surface area contributed by atoms with Gasteiger partial charge in [-0.1, -0.05) is 45.2 Å². The Hall–Kier alpha value is -2.83. The van der Waals surface area contributed by atoms with E-state index in [2.05, 4.69) is 24.5 Å². The number of nitrogens with zero attached hydrogens (tertiary/aromatic N) is 1. The minimum Gasteiger partial charge on any atom is -0.459 e. The molecule has 7 nitrogen and oxygen atoms in total. The van der Waals surface area contributed by atoms with E-state index < -0.39 is 12.0 Å². The third-order valence-electron chi connectivity index (χ3n) is 5.41. The van der Waals surface area contributed by atoms with Gasteiger partial charge in [0.2, 0.25) is 5.91 Å². The van der Waals surface area contributed by atoms with Crippen molar-refractivity contribution in [2.45, 2.75) is 85.3 Å². The fourth-order valence-corrected chi connectivity index (χ4v) is 3.71. The first-order valence-corrected chi connectivity index (χ1v) is 11.7. The molecule has 0 radical (unpaired) electrons. The van der Waals surface area contributed by atoms with Crippen LogP contribution in [-0.2, 0) is 14.3 Å². The number of rotatable bonds is 11. The Morgan fingerprint density at radius 2 is 1.88 bits per heavy atom. The highest BCUT2D eigenvalue weighted by Crippen LogP contribution is 2.33. The maximum atomic E-state index is 13.0. The van der Waals surface area contributed by atoms with Crippen molar-refractivity contribution in [2.24, 2.45) is 0 Å². The highest BCUT2D eigenvalue weighted by atomic mass is 16.5. The number of nitrogens with one attached hydrogen (secondary N) is 2. The number of benzene rings is 1. The molecule has 32 heavy (non-hydrogen) atoms. The Morgan fingerprint density at radius 3 is 2.53 bits per heavy atom. The van der Waals surface area contributed by atoms with Gasteiger partial charge in [-0.05, 0) is 51.3 Å². The van der Waals surface area contributed by atoms with Gasteiger partial charge in [0.25, 0.3) is 0 Å². The summed E-state index contributed by atoms with van der Waals surface area (Å²) in [5, 5.41) is 5.89. The Balaban J connectivity index is 2.34. The van der Waals surface area contributed by atoms with E-state index in [-0.39, 0.29) is 18.0 Å². The van der Waals surface area contributed by atoms with Crippen LogP contribution in [0.15, 0.2) is 35.5 Å². The van der Waals surface area contributed by atoms with Gasteiger partial charge in [0.1, 0.15) is 0 Å². The van der Waals surface area contributed by atoms with E-state index in [0.29, 0.717) is 29.9 Å². The average molecular weight is 444 g/mol. The second-order valence-corrected chi connectivity index (χ2v) is 8.47. The highest BCUT2D eigenvalue weighted by Gasteiger charge is 2.36. The molecule has 0 fully saturated rings. The fraction of sp³-hybridized carbons (Fsp3) is 0.560. The zero-order valence-corrected chi connectivity index (χ0v) is 20.0. The summed E-state index contributed by atoms with van der Waals surface area (Å²) in [6.07, 6.45) is 4.88. The second-order valence-electron chi connectivity index (χ2n) is 8.47. The molecule has 1 aliphatic heterocycles. The molecular weight excluding hydrogens is 406 g/mol. The molecule has 1 aromatic carbocycles. The molecule has 1 unspecified atom stereocenters. The predicted molar refractivity (Wildman–Crippen MR) is 126 cm³/mol. The van der Waals surface area contributed by atoms with Crippen LogP contribution in [0.2, 0.25) is 0 Å². The number of hydrogen-bond acceptors (Lipinski definition) is 4. The minimum absolute atomic E-state index is 0.0415. The van der Waals surface area contributed by atoms with Crippen molar-refractivity contribution in [1.82, 2.24) is 10.2 Å². The van der Waals surface area contributed by atoms with Crippen molar-refractivity contribution < 1.29 is 19.1 Å². The molecule has 2 N–H and O–H groups in total. The molecular formula is C25H37N3O4. The molecule has 0 spiro atoms. The van der Waals surface area contributed by atoms with E-state index in [4.69, 9.17) is 4.74 Å². The molecule has 3 amide bonds. The number of hydrogen-bond donors (Lipinski definition) is 2. The number of esters is 1. The summed E-state index contributed by atoms with van der Waals surface area (Å²) < 4.78 is 5.51. The van der Waals surface area contributed by atoms with Crippen LogP contribution >= 0.6 is 0 Å². The third-order valence-corrected chi connectivity index (χ3v) is 5.41. The molecule has 0 aliphatic carbocycles. The SMILES string of the molecule is CCCCCC(=O)Nc1cccc(C2NC(=O)N(CCCC)C(C)=C2C(=O)OC(C)C)c1. The zero-order valence-electron chi connectivity index (χ0n) is 20.0. The van der Waals surface area contributed by atoms with Crippen LogP contribution in [0.1, 0.15) is 84.7 Å². The van der Waals surface area contributed by atoms with Crippen LogP contribution in [0.3, 0.4) is 0 Å². The van der Waals surface area contributed by atoms with Gasteiger partial charge in [-0.2, -0.15) is 0 Å². The summed E-state index contributed by atoms with van der Waals surface area (Å²) in [7, 11) is 0. The monoisotopic (exact) mass is 443 g/mol. The first-order chi connectivity index (χ1) is 15.3. The van der Waals surface area contributed by atoms with Gasteiger partial charge in [-0.3, -0.25) is 9.69 Å². The van der Waals surface area contributed by atoms with Gasteiger partial charge in [0, 0.05) is 24.4 Å². The standard InChI is InChI=1S/C25H37N3O4/c1-6-8-10-14-21(29)26-20-13-11-12-19(16-20)23-22(24(30)32-17(3)4)18(5)28(15-9-7-2)25(31)27-23/h11-13,16-17,23H,6-10,14-15H2,1-5H3,(H,26,29)(H,27,31). The molecule has 0 bridgehead atoms. The number of carbonyl (C=O) groups is 3. The molecule has 1 heterocycles. The zero-order chi connectivity index (χ0) is 23.7. The number of amides is 3. The molecule has 1 atom stereocenters. The smallest absolute Gasteiger partial charge is 0.338 e. The van der Waals surface area contributed by atoms with Crippen molar-refractivity contribution in [3.63, 3.8) is 0 Å². The van der Waals surface area contributed by atoms with Gasteiger partial charge in [-0.25, -0.2) is 9.59 Å². The maximum absolute atomic E-state index is 13.0. The van der Waals surface area contributed by atoms with Gasteiger partial charge in [0.05, 0.1) is 17.7 Å². The van der Waals surface area contributed by atoms with E-state index in [1.54, 1.807) is 31.7 Å². The number of carbonyl (C=O) groups excluding carboxylic acids is 3. The quantitative estimate of drug-likeness (QED) is 0.359. The minimum atomic E-state index is -0.649. The van der Waals surface area contributed by atoms with Crippen LogP contribution in [0.5, 0.6) is 0 Å². The van der Waals surface area contributed by atoms with Crippen molar-refractivity contribution in [3.8, 4) is 0 Å². The Labute approximate surface area is 191 Å². The first kappa shape index (κ1) is 25.4. The number of anilines is 1. The lowest BCUT2D eigenvalue weighted by molar-refractivity contribution is -0.143. The summed E-state index contributed by atoms with van der Waals surface area (Å²) in [6.45, 7) is 10.1. The topological polar surface area (TPSA) is 87.7 Å². The number of unbranched alkanes of at least 4 members (excludes halogenated alkanes) is 3. The summed E-state index contributed by atoms with van der Waals surface area (Å²) in [5.74, 6) is -0.488. The molecule has 2 rings (SSSR count). The van der Waals surface area contributed by atoms with E-state index in [1.807, 2.05) is 18.2 Å². The Kier molecular flexibility index (Phi) is 9.75. The maximum Gasteiger partial charge on any atom is 0.338 e. The van der Waals surface area contributed by atoms with Crippen LogP contribution in [0.25, 0.3) is 0 Å². The fourth-order valence-electron chi connectivity index (χ4n) is 3.71. The molecule has 1 aliphatic rings. The largest absolute Gasteiger partial charge is 0.459 e. The lowest BCUT2D eigenvalue weighted by atomic mass is 9.94. The first-order valence-electron chi connectivity index (χ1n) is 11.7. The molecule has 0 saturated carbocycles. The average Bonchev–Trinajstić information content (AvgIpc) is 2.73. The lowest BCUT2D eigenvalue weighted by Crippen LogP contribution is -2.48. The summed E-state index contributed by atoms with van der Waals surface area (Å²) in [4.78, 5) is 39.7. The van der Waals surface area contributed by atoms with Crippen molar-refractivity contribution in [1.29, 1.82) is 0 Å². The Morgan fingerprint density at radius 1 is 1.16 bits per heavy atom. The molecule has 176 valence electrons. The van der Waals surface area contributed by atoms with Gasteiger partial charge in [-0.15, -0.1) is 0 Å². The van der Waals surface area contributed by atoms with E-state index in [9.17, 15) is 14.4 Å². The summed E-state index contributed by atoms with van der Waals surface area (Å²) in [5.41, 5.74) is 2.38. The van der Waals surface area contributed by atoms with E-state index in [0.717, 1.165) is 37.7 Å². The number of ether oxygens (including phenoxy) is 1. The van der Waals surface area contributed by atoms with Crippen LogP contribution in [0, 0.1) is 0 Å². The summed E-state index contributed by atoms with van der Waals surface area (Å²) in [6, 6.07) is 6.38. The van der Waals surface area contributed by atoms with Crippen molar-refractivity contribution in [3.05, 3.63) is 41.1 Å². The Bertz CT molecular complexity index is 847. The third kappa shape index (κ3) is 6.84. The van der Waals surface area contributed by atoms with Crippen molar-refractivity contribution in [2.75, 3.05) is 11.9 Å². The van der Waals surface area contributed by atoms with E-state index in [1.165, 1.54) is 0 Å². The number of allylic oxidation sites excluding steroid dienone is 1. The van der Waals surface area contributed by atoms with Crippen LogP contribution in [0.4, 0.5) is 10.5 Å². The van der Waals surface area contributed by atoms with E-state index >= 15 is 0 Å². The normalized spacial score (nSPS) is 16.2. The van der Waals surface area contributed by atoms with Crippen molar-refractivity contribution >= 4 is 23.6 Å². The van der Waals surface area contributed by atoms with Crippen LogP contribution in [-0.4, -0.2) is 35.5 Å². The predicted octanol–water partition coefficient (Wildman–Crippen LogP) is 5.30.